The first-order valence-electron chi connectivity index (χ1n) is 10.1. The van der Waals surface area contributed by atoms with Crippen LogP contribution in [0.3, 0.4) is 0 Å². The van der Waals surface area contributed by atoms with Crippen LogP contribution in [0.4, 0.5) is 0 Å². The number of hydrogen-bond acceptors (Lipinski definition) is 4. The Morgan fingerprint density at radius 3 is 2.53 bits per heavy atom. The van der Waals surface area contributed by atoms with Gasteiger partial charge in [-0.25, -0.2) is 0 Å². The highest BCUT2D eigenvalue weighted by molar-refractivity contribution is 5.95. The lowest BCUT2D eigenvalue weighted by molar-refractivity contribution is 0.0697. The molecule has 0 atom stereocenters. The maximum Gasteiger partial charge on any atom is 0.257 e. The molecule has 2 amide bonds. The molecule has 1 N–H and O–H groups in total. The Kier molecular flexibility index (Phi) is 6.13. The minimum absolute atomic E-state index is 0.0307. The molecule has 0 saturated carbocycles. The number of benzene rings is 2. The molecule has 1 saturated heterocycles. The van der Waals surface area contributed by atoms with Crippen molar-refractivity contribution < 1.29 is 18.7 Å². The van der Waals surface area contributed by atoms with Crippen LogP contribution in [0.1, 0.15) is 39.1 Å². The van der Waals surface area contributed by atoms with Crippen LogP contribution in [-0.4, -0.2) is 35.8 Å². The highest BCUT2D eigenvalue weighted by Crippen LogP contribution is 2.18. The van der Waals surface area contributed by atoms with E-state index >= 15 is 0 Å². The van der Waals surface area contributed by atoms with Gasteiger partial charge in [0, 0.05) is 24.7 Å². The zero-order valence-corrected chi connectivity index (χ0v) is 16.6. The van der Waals surface area contributed by atoms with Crippen LogP contribution in [0.5, 0.6) is 5.75 Å². The van der Waals surface area contributed by atoms with E-state index in [2.05, 4.69) is 5.32 Å². The number of hydrogen-bond donors (Lipinski definition) is 1. The third-order valence-electron chi connectivity index (χ3n) is 5.23. The highest BCUT2D eigenvalue weighted by atomic mass is 16.5. The maximum absolute atomic E-state index is 12.7. The van der Waals surface area contributed by atoms with E-state index in [0.29, 0.717) is 36.6 Å². The molecule has 154 valence electrons. The lowest BCUT2D eigenvalue weighted by Crippen LogP contribution is -2.46. The molecule has 1 fully saturated rings. The Labute approximate surface area is 175 Å². The lowest BCUT2D eigenvalue weighted by atomic mass is 10.0. The van der Waals surface area contributed by atoms with E-state index in [-0.39, 0.29) is 17.9 Å². The second kappa shape index (κ2) is 9.31. The topological polar surface area (TPSA) is 71.8 Å². The smallest absolute Gasteiger partial charge is 0.257 e. The molecule has 1 aromatic heterocycles. The predicted molar refractivity (Wildman–Crippen MR) is 112 cm³/mol. The van der Waals surface area contributed by atoms with Crippen LogP contribution in [0.15, 0.2) is 77.6 Å². The maximum atomic E-state index is 12.7. The summed E-state index contributed by atoms with van der Waals surface area (Å²) in [5.74, 6) is 0.503. The van der Waals surface area contributed by atoms with Gasteiger partial charge in [0.2, 0.25) is 0 Å². The molecule has 0 aliphatic carbocycles. The number of nitrogens with one attached hydrogen (secondary N) is 1. The van der Waals surface area contributed by atoms with Crippen molar-refractivity contribution in [1.82, 2.24) is 10.2 Å². The largest absolute Gasteiger partial charge is 0.489 e. The van der Waals surface area contributed by atoms with Crippen LogP contribution in [-0.2, 0) is 6.61 Å². The van der Waals surface area contributed by atoms with Gasteiger partial charge in [0.25, 0.3) is 11.8 Å². The van der Waals surface area contributed by atoms with E-state index in [1.165, 1.54) is 12.5 Å². The third kappa shape index (κ3) is 4.89. The molecule has 1 aliphatic heterocycles. The van der Waals surface area contributed by atoms with Crippen molar-refractivity contribution in [3.8, 4) is 5.75 Å². The summed E-state index contributed by atoms with van der Waals surface area (Å²) in [7, 11) is 0. The molecule has 3 aromatic rings. The summed E-state index contributed by atoms with van der Waals surface area (Å²) in [6.45, 7) is 1.67. The molecule has 30 heavy (non-hydrogen) atoms. The second-order valence-electron chi connectivity index (χ2n) is 7.35. The van der Waals surface area contributed by atoms with E-state index in [0.717, 1.165) is 18.4 Å². The molecule has 0 bridgehead atoms. The molecule has 0 unspecified atom stereocenters. The van der Waals surface area contributed by atoms with Gasteiger partial charge in [-0.05, 0) is 42.7 Å². The first-order valence-corrected chi connectivity index (χ1v) is 10.1. The molecule has 0 spiro atoms. The monoisotopic (exact) mass is 404 g/mol. The Morgan fingerprint density at radius 1 is 1.00 bits per heavy atom. The molecule has 6 heteroatoms. The lowest BCUT2D eigenvalue weighted by Gasteiger charge is -2.32. The Bertz CT molecular complexity index is 977. The average molecular weight is 404 g/mol. The summed E-state index contributed by atoms with van der Waals surface area (Å²) in [6, 6.07) is 18.8. The minimum Gasteiger partial charge on any atom is -0.489 e. The predicted octanol–water partition coefficient (Wildman–Crippen LogP) is 3.89. The van der Waals surface area contributed by atoms with Gasteiger partial charge in [0.1, 0.15) is 18.6 Å². The zero-order chi connectivity index (χ0) is 20.8. The molecule has 2 aromatic carbocycles. The van der Waals surface area contributed by atoms with Gasteiger partial charge >= 0.3 is 0 Å². The van der Waals surface area contributed by atoms with Gasteiger partial charge in [-0.2, -0.15) is 0 Å². The van der Waals surface area contributed by atoms with Crippen molar-refractivity contribution in [2.24, 2.45) is 0 Å². The van der Waals surface area contributed by atoms with Crippen molar-refractivity contribution in [3.63, 3.8) is 0 Å². The molecular weight excluding hydrogens is 380 g/mol. The van der Waals surface area contributed by atoms with Gasteiger partial charge < -0.3 is 19.4 Å². The van der Waals surface area contributed by atoms with Crippen LogP contribution in [0, 0.1) is 0 Å². The molecule has 4 rings (SSSR count). The Balaban J connectivity index is 1.28. The standard InChI is InChI=1S/C24H24N2O4/c27-23(19-7-4-8-22(15-19)30-16-18-5-2-1-3-6-18)25-21-9-12-26(13-10-21)24(28)20-11-14-29-17-20/h1-8,11,14-15,17,21H,9-10,12-13,16H2,(H,25,27). The van der Waals surface area contributed by atoms with Crippen molar-refractivity contribution in [3.05, 3.63) is 89.9 Å². The minimum atomic E-state index is -0.125. The number of ether oxygens (including phenoxy) is 1. The SMILES string of the molecule is O=C(NC1CCN(C(=O)c2ccoc2)CC1)c1cccc(OCc2ccccc2)c1. The van der Waals surface area contributed by atoms with E-state index < -0.39 is 0 Å². The summed E-state index contributed by atoms with van der Waals surface area (Å²) in [4.78, 5) is 26.9. The fraction of sp³-hybridized carbons (Fsp3) is 0.250. The highest BCUT2D eigenvalue weighted by Gasteiger charge is 2.25. The number of nitrogens with zero attached hydrogens (tertiary/aromatic N) is 1. The normalized spacial score (nSPS) is 14.3. The number of carbonyl (C=O) groups is 2. The Morgan fingerprint density at radius 2 is 1.80 bits per heavy atom. The number of carbonyl (C=O) groups excluding carboxylic acids is 2. The van der Waals surface area contributed by atoms with E-state index in [1.54, 1.807) is 23.1 Å². The first kappa shape index (κ1) is 19.8. The van der Waals surface area contributed by atoms with Gasteiger partial charge in [0.05, 0.1) is 11.8 Å². The van der Waals surface area contributed by atoms with Crippen LogP contribution in [0.25, 0.3) is 0 Å². The van der Waals surface area contributed by atoms with Gasteiger partial charge in [-0.15, -0.1) is 0 Å². The van der Waals surface area contributed by atoms with Crippen LogP contribution >= 0.6 is 0 Å². The molecule has 2 heterocycles. The van der Waals surface area contributed by atoms with E-state index in [9.17, 15) is 9.59 Å². The molecule has 6 nitrogen and oxygen atoms in total. The second-order valence-corrected chi connectivity index (χ2v) is 7.35. The first-order chi connectivity index (χ1) is 14.7. The fourth-order valence-electron chi connectivity index (χ4n) is 3.53. The average Bonchev–Trinajstić information content (AvgIpc) is 3.34. The Hall–Kier alpha value is -3.54. The van der Waals surface area contributed by atoms with Gasteiger partial charge in [-0.1, -0.05) is 36.4 Å². The number of piperidine rings is 1. The van der Waals surface area contributed by atoms with Gasteiger partial charge in [-0.3, -0.25) is 9.59 Å². The number of furan rings is 1. The summed E-state index contributed by atoms with van der Waals surface area (Å²) in [5, 5.41) is 3.08. The van der Waals surface area contributed by atoms with Crippen LogP contribution in [0.2, 0.25) is 0 Å². The zero-order valence-electron chi connectivity index (χ0n) is 16.6. The van der Waals surface area contributed by atoms with Crippen molar-refractivity contribution in [2.75, 3.05) is 13.1 Å². The van der Waals surface area contributed by atoms with E-state index in [4.69, 9.17) is 9.15 Å². The summed E-state index contributed by atoms with van der Waals surface area (Å²) in [6.07, 6.45) is 4.40. The molecule has 0 radical (unpaired) electrons. The van der Waals surface area contributed by atoms with Crippen molar-refractivity contribution in [1.29, 1.82) is 0 Å². The van der Waals surface area contributed by atoms with E-state index in [1.807, 2.05) is 42.5 Å². The summed E-state index contributed by atoms with van der Waals surface area (Å²) < 4.78 is 10.8. The molecular formula is C24H24N2O4. The number of rotatable bonds is 6. The van der Waals surface area contributed by atoms with Crippen LogP contribution < -0.4 is 10.1 Å². The number of amides is 2. The number of likely N-dealkylation sites (tertiary alicyclic amines) is 1. The quantitative estimate of drug-likeness (QED) is 0.677. The summed E-state index contributed by atoms with van der Waals surface area (Å²) >= 11 is 0. The van der Waals surface area contributed by atoms with Gasteiger partial charge in [0.15, 0.2) is 0 Å². The summed E-state index contributed by atoms with van der Waals surface area (Å²) in [5.41, 5.74) is 2.20. The molecule has 1 aliphatic rings. The van der Waals surface area contributed by atoms with Crippen molar-refractivity contribution >= 4 is 11.8 Å². The third-order valence-corrected chi connectivity index (χ3v) is 5.23. The fourth-order valence-corrected chi connectivity index (χ4v) is 3.53. The van der Waals surface area contributed by atoms with Crippen molar-refractivity contribution in [2.45, 2.75) is 25.5 Å².